The molecule has 0 unspecified atom stereocenters. The molecule has 0 aliphatic rings. The summed E-state index contributed by atoms with van der Waals surface area (Å²) in [5.41, 5.74) is 1.80. The third-order valence-corrected chi connectivity index (χ3v) is 1.10. The smallest absolute Gasteiger partial charge is 0.0899 e. The van der Waals surface area contributed by atoms with Crippen molar-refractivity contribution in [2.24, 2.45) is 0 Å². The fourth-order valence-corrected chi connectivity index (χ4v) is 0.733. The largest absolute Gasteiger partial charge is 0.378 e. The third-order valence-electron chi connectivity index (χ3n) is 1.10. The standard InChI is InChI=1S/C7H10N2O/c1-6-3-8-4-7(9-6)5-10-2/h3-4H,5H2,1-2H3. The van der Waals surface area contributed by atoms with E-state index in [4.69, 9.17) is 4.74 Å². The van der Waals surface area contributed by atoms with Gasteiger partial charge >= 0.3 is 0 Å². The highest BCUT2D eigenvalue weighted by Crippen LogP contribution is 1.95. The van der Waals surface area contributed by atoms with Crippen molar-refractivity contribution in [3.63, 3.8) is 0 Å². The van der Waals surface area contributed by atoms with Crippen LogP contribution in [0.15, 0.2) is 12.4 Å². The lowest BCUT2D eigenvalue weighted by Crippen LogP contribution is -1.94. The van der Waals surface area contributed by atoms with Crippen molar-refractivity contribution < 1.29 is 4.74 Å². The molecule has 0 saturated heterocycles. The molecule has 0 atom stereocenters. The number of aromatic nitrogens is 2. The minimum absolute atomic E-state index is 0.536. The average molecular weight is 138 g/mol. The van der Waals surface area contributed by atoms with Gasteiger partial charge in [-0.25, -0.2) is 0 Å². The van der Waals surface area contributed by atoms with Gasteiger partial charge in [-0.1, -0.05) is 0 Å². The lowest BCUT2D eigenvalue weighted by Gasteiger charge is -1.97. The Labute approximate surface area is 60.1 Å². The predicted molar refractivity (Wildman–Crippen MR) is 37.5 cm³/mol. The van der Waals surface area contributed by atoms with Crippen LogP contribution in [0.2, 0.25) is 0 Å². The van der Waals surface area contributed by atoms with Crippen LogP contribution in [0.3, 0.4) is 0 Å². The van der Waals surface area contributed by atoms with Crippen molar-refractivity contribution in [3.05, 3.63) is 23.8 Å². The zero-order valence-corrected chi connectivity index (χ0v) is 6.16. The van der Waals surface area contributed by atoms with Crippen molar-refractivity contribution in [1.29, 1.82) is 0 Å². The van der Waals surface area contributed by atoms with E-state index < -0.39 is 0 Å². The molecule has 0 aliphatic heterocycles. The van der Waals surface area contributed by atoms with E-state index in [-0.39, 0.29) is 0 Å². The second-order valence-electron chi connectivity index (χ2n) is 2.08. The van der Waals surface area contributed by atoms with Gasteiger partial charge in [0.1, 0.15) is 0 Å². The van der Waals surface area contributed by atoms with E-state index >= 15 is 0 Å². The summed E-state index contributed by atoms with van der Waals surface area (Å²) in [6.07, 6.45) is 3.43. The summed E-state index contributed by atoms with van der Waals surface area (Å²) in [5, 5.41) is 0. The molecule has 0 radical (unpaired) electrons. The van der Waals surface area contributed by atoms with Crippen molar-refractivity contribution in [2.45, 2.75) is 13.5 Å². The average Bonchev–Trinajstić information content (AvgIpc) is 1.88. The van der Waals surface area contributed by atoms with Gasteiger partial charge in [0.15, 0.2) is 0 Å². The first-order chi connectivity index (χ1) is 4.83. The molecule has 0 amide bonds. The molecule has 1 rings (SSSR count). The van der Waals surface area contributed by atoms with Gasteiger partial charge in [0.05, 0.1) is 24.2 Å². The number of hydrogen-bond donors (Lipinski definition) is 0. The fourth-order valence-electron chi connectivity index (χ4n) is 0.733. The second-order valence-corrected chi connectivity index (χ2v) is 2.08. The van der Waals surface area contributed by atoms with Crippen LogP contribution in [-0.4, -0.2) is 17.1 Å². The summed E-state index contributed by atoms with van der Waals surface area (Å²) in [5.74, 6) is 0. The Balaban J connectivity index is 2.75. The molecule has 3 nitrogen and oxygen atoms in total. The number of nitrogens with zero attached hydrogens (tertiary/aromatic N) is 2. The van der Waals surface area contributed by atoms with E-state index in [0.29, 0.717) is 6.61 Å². The topological polar surface area (TPSA) is 35.0 Å². The first-order valence-electron chi connectivity index (χ1n) is 3.09. The molecule has 0 bridgehead atoms. The molecule has 0 saturated carbocycles. The van der Waals surface area contributed by atoms with Crippen LogP contribution in [-0.2, 0) is 11.3 Å². The lowest BCUT2D eigenvalue weighted by atomic mass is 10.4. The van der Waals surface area contributed by atoms with Crippen molar-refractivity contribution in [1.82, 2.24) is 9.97 Å². The van der Waals surface area contributed by atoms with E-state index in [1.807, 2.05) is 6.92 Å². The number of hydrogen-bond acceptors (Lipinski definition) is 3. The van der Waals surface area contributed by atoms with Crippen LogP contribution in [0.25, 0.3) is 0 Å². The molecule has 1 aromatic heterocycles. The van der Waals surface area contributed by atoms with Gasteiger partial charge in [-0.3, -0.25) is 9.97 Å². The normalized spacial score (nSPS) is 9.80. The Hall–Kier alpha value is -0.960. The van der Waals surface area contributed by atoms with Crippen LogP contribution in [0.5, 0.6) is 0 Å². The summed E-state index contributed by atoms with van der Waals surface area (Å²) in [6, 6.07) is 0. The lowest BCUT2D eigenvalue weighted by molar-refractivity contribution is 0.181. The van der Waals surface area contributed by atoms with Crippen LogP contribution in [0.1, 0.15) is 11.4 Å². The Morgan fingerprint density at radius 2 is 2.30 bits per heavy atom. The SMILES string of the molecule is COCc1cncc(C)n1. The van der Waals surface area contributed by atoms with Crippen molar-refractivity contribution >= 4 is 0 Å². The molecule has 54 valence electrons. The van der Waals surface area contributed by atoms with Crippen molar-refractivity contribution in [2.75, 3.05) is 7.11 Å². The molecular weight excluding hydrogens is 128 g/mol. The number of rotatable bonds is 2. The summed E-state index contributed by atoms with van der Waals surface area (Å²) < 4.78 is 4.88. The number of methoxy groups -OCH3 is 1. The predicted octanol–water partition coefficient (Wildman–Crippen LogP) is 0.931. The molecule has 1 heterocycles. The highest BCUT2D eigenvalue weighted by molar-refractivity contribution is 4.99. The minimum atomic E-state index is 0.536. The van der Waals surface area contributed by atoms with Crippen LogP contribution in [0, 0.1) is 6.92 Å². The maximum Gasteiger partial charge on any atom is 0.0899 e. The van der Waals surface area contributed by atoms with Gasteiger partial charge in [0.25, 0.3) is 0 Å². The monoisotopic (exact) mass is 138 g/mol. The van der Waals surface area contributed by atoms with Gasteiger partial charge in [-0.05, 0) is 6.92 Å². The first kappa shape index (κ1) is 7.15. The molecule has 10 heavy (non-hydrogen) atoms. The zero-order chi connectivity index (χ0) is 7.40. The molecular formula is C7H10N2O. The third kappa shape index (κ3) is 1.77. The van der Waals surface area contributed by atoms with Gasteiger partial charge in [0, 0.05) is 13.3 Å². The maximum atomic E-state index is 4.88. The Morgan fingerprint density at radius 1 is 1.50 bits per heavy atom. The van der Waals surface area contributed by atoms with Gasteiger partial charge < -0.3 is 4.74 Å². The highest BCUT2D eigenvalue weighted by atomic mass is 16.5. The molecule has 0 aliphatic carbocycles. The number of ether oxygens (including phenoxy) is 1. The fraction of sp³-hybridized carbons (Fsp3) is 0.429. The number of aryl methyl sites for hydroxylation is 1. The molecule has 3 heteroatoms. The molecule has 0 N–H and O–H groups in total. The quantitative estimate of drug-likeness (QED) is 0.609. The van der Waals surface area contributed by atoms with Gasteiger partial charge in [-0.15, -0.1) is 0 Å². The minimum Gasteiger partial charge on any atom is -0.378 e. The molecule has 0 aromatic carbocycles. The Bertz CT molecular complexity index is 213. The molecule has 0 fully saturated rings. The second kappa shape index (κ2) is 3.27. The van der Waals surface area contributed by atoms with Crippen LogP contribution in [0.4, 0.5) is 0 Å². The summed E-state index contributed by atoms with van der Waals surface area (Å²) >= 11 is 0. The molecule has 0 spiro atoms. The summed E-state index contributed by atoms with van der Waals surface area (Å²) in [4.78, 5) is 8.14. The molecule has 1 aromatic rings. The van der Waals surface area contributed by atoms with E-state index in [0.717, 1.165) is 11.4 Å². The maximum absolute atomic E-state index is 4.88. The van der Waals surface area contributed by atoms with E-state index in [1.54, 1.807) is 19.5 Å². The Morgan fingerprint density at radius 3 is 2.90 bits per heavy atom. The Kier molecular flexibility index (Phi) is 2.34. The van der Waals surface area contributed by atoms with Crippen molar-refractivity contribution in [3.8, 4) is 0 Å². The summed E-state index contributed by atoms with van der Waals surface area (Å²) in [6.45, 7) is 2.45. The van der Waals surface area contributed by atoms with E-state index in [1.165, 1.54) is 0 Å². The zero-order valence-electron chi connectivity index (χ0n) is 6.16. The van der Waals surface area contributed by atoms with Gasteiger partial charge in [-0.2, -0.15) is 0 Å². The first-order valence-corrected chi connectivity index (χ1v) is 3.09. The van der Waals surface area contributed by atoms with Gasteiger partial charge in [0.2, 0.25) is 0 Å². The highest BCUT2D eigenvalue weighted by Gasteiger charge is 1.92. The summed E-state index contributed by atoms with van der Waals surface area (Å²) in [7, 11) is 1.64. The van der Waals surface area contributed by atoms with E-state index in [9.17, 15) is 0 Å². The van der Waals surface area contributed by atoms with Crippen LogP contribution < -0.4 is 0 Å². The van der Waals surface area contributed by atoms with Crippen LogP contribution >= 0.6 is 0 Å². The van der Waals surface area contributed by atoms with E-state index in [2.05, 4.69) is 9.97 Å².